The van der Waals surface area contributed by atoms with Gasteiger partial charge in [0, 0.05) is 42.3 Å². The lowest BCUT2D eigenvalue weighted by atomic mass is 9.91. The minimum absolute atomic E-state index is 0.0202. The van der Waals surface area contributed by atoms with Crippen LogP contribution in [0, 0.1) is 24.0 Å². The zero-order valence-corrected chi connectivity index (χ0v) is 23.0. The van der Waals surface area contributed by atoms with E-state index in [1.54, 1.807) is 6.20 Å². The Balaban J connectivity index is 1.28. The van der Waals surface area contributed by atoms with Gasteiger partial charge in [-0.25, -0.2) is 8.78 Å². The van der Waals surface area contributed by atoms with Crippen LogP contribution in [-0.4, -0.2) is 75.4 Å². The van der Waals surface area contributed by atoms with E-state index in [4.69, 9.17) is 16.1 Å². The van der Waals surface area contributed by atoms with Gasteiger partial charge in [-0.2, -0.15) is 9.97 Å². The third-order valence-electron chi connectivity index (χ3n) is 9.60. The van der Waals surface area contributed by atoms with Crippen LogP contribution in [-0.2, 0) is 0 Å². The summed E-state index contributed by atoms with van der Waals surface area (Å²) in [4.78, 5) is 18.6. The molecule has 0 spiro atoms. The van der Waals surface area contributed by atoms with Gasteiger partial charge in [0.15, 0.2) is 5.82 Å². The van der Waals surface area contributed by atoms with Crippen molar-refractivity contribution < 1.29 is 18.6 Å². The third-order valence-corrected chi connectivity index (χ3v) is 9.60. The van der Waals surface area contributed by atoms with Crippen molar-refractivity contribution >= 4 is 27.5 Å². The minimum Gasteiger partial charge on any atom is -0.508 e. The van der Waals surface area contributed by atoms with E-state index in [2.05, 4.69) is 31.0 Å². The van der Waals surface area contributed by atoms with Crippen molar-refractivity contribution in [3.8, 4) is 35.4 Å². The second-order valence-electron chi connectivity index (χ2n) is 12.1. The van der Waals surface area contributed by atoms with Gasteiger partial charge in [-0.05, 0) is 68.8 Å². The molecule has 2 unspecified atom stereocenters. The van der Waals surface area contributed by atoms with E-state index in [0.717, 1.165) is 58.3 Å². The summed E-state index contributed by atoms with van der Waals surface area (Å²) in [5.74, 6) is 1.55. The first kappa shape index (κ1) is 25.6. The van der Waals surface area contributed by atoms with Crippen LogP contribution in [0.3, 0.4) is 0 Å². The number of rotatable bonds is 5. The zero-order valence-electron chi connectivity index (χ0n) is 23.0. The van der Waals surface area contributed by atoms with Crippen LogP contribution in [0.1, 0.15) is 37.7 Å². The normalized spacial score (nSPS) is 22.7. The van der Waals surface area contributed by atoms with Crippen LogP contribution >= 0.6 is 0 Å². The maximum Gasteiger partial charge on any atom is 0.319 e. The monoisotopic (exact) mass is 568 g/mol. The zero-order chi connectivity index (χ0) is 28.6. The largest absolute Gasteiger partial charge is 0.508 e. The molecule has 7 heterocycles. The number of nitrogens with zero attached hydrogens (tertiary/aromatic N) is 5. The molecule has 42 heavy (non-hydrogen) atoms. The molecule has 0 radical (unpaired) electrons. The van der Waals surface area contributed by atoms with Gasteiger partial charge in [0.2, 0.25) is 0 Å². The Labute approximate surface area is 241 Å². The first-order chi connectivity index (χ1) is 20.4. The fraction of sp³-hybridized carbons (Fsp3) is 0.406. The molecule has 8 nitrogen and oxygen atoms in total. The van der Waals surface area contributed by atoms with Crippen molar-refractivity contribution in [3.05, 3.63) is 47.7 Å². The molecule has 2 bridgehead atoms. The summed E-state index contributed by atoms with van der Waals surface area (Å²) in [5.41, 5.74) is 0.130. The van der Waals surface area contributed by atoms with Crippen LogP contribution in [0.25, 0.3) is 32.9 Å². The molecule has 0 saturated carbocycles. The number of hydrogen-bond donors (Lipinski definition) is 2. The molecule has 9 rings (SSSR count). The number of aromatic nitrogens is 3. The predicted octanol–water partition coefficient (Wildman–Crippen LogP) is 4.37. The summed E-state index contributed by atoms with van der Waals surface area (Å²) in [5, 5.41) is 15.3. The molecule has 2 N–H and O–H groups in total. The highest BCUT2D eigenvalue weighted by molar-refractivity contribution is 6.03. The van der Waals surface area contributed by atoms with Crippen molar-refractivity contribution in [1.82, 2.24) is 25.2 Å². The lowest BCUT2D eigenvalue weighted by Gasteiger charge is -2.48. The van der Waals surface area contributed by atoms with Gasteiger partial charge in [-0.1, -0.05) is 12.0 Å². The Morgan fingerprint density at radius 3 is 2.62 bits per heavy atom. The number of phenols is 1. The van der Waals surface area contributed by atoms with Gasteiger partial charge in [-0.3, -0.25) is 9.88 Å². The molecule has 0 amide bonds. The number of nitrogens with one attached hydrogen (secondary N) is 1. The summed E-state index contributed by atoms with van der Waals surface area (Å²) in [6, 6.07) is 6.41. The quantitative estimate of drug-likeness (QED) is 0.344. The van der Waals surface area contributed by atoms with Gasteiger partial charge in [0.1, 0.15) is 35.2 Å². The van der Waals surface area contributed by atoms with E-state index in [1.807, 2.05) is 0 Å². The van der Waals surface area contributed by atoms with Crippen molar-refractivity contribution in [2.45, 2.75) is 49.7 Å². The summed E-state index contributed by atoms with van der Waals surface area (Å²) >= 11 is 0. The molecular formula is C32H30F2N6O2. The van der Waals surface area contributed by atoms with Crippen LogP contribution in [0.4, 0.5) is 14.6 Å². The average Bonchev–Trinajstić information content (AvgIpc) is 3.56. The fourth-order valence-electron chi connectivity index (χ4n) is 7.61. The van der Waals surface area contributed by atoms with Crippen LogP contribution in [0.5, 0.6) is 11.8 Å². The molecule has 2 aromatic carbocycles. The number of phenolic OH excluding ortho intramolecular Hbond substituents is 1. The number of halogens is 2. The van der Waals surface area contributed by atoms with Gasteiger partial charge in [-0.15, -0.1) is 6.42 Å². The third kappa shape index (κ3) is 3.91. The second kappa shape index (κ2) is 9.48. The van der Waals surface area contributed by atoms with Gasteiger partial charge < -0.3 is 20.1 Å². The predicted molar refractivity (Wildman–Crippen MR) is 156 cm³/mol. The number of piperidine rings is 1. The molecule has 5 aliphatic heterocycles. The first-order valence-corrected chi connectivity index (χ1v) is 14.6. The Hall–Kier alpha value is -4.07. The van der Waals surface area contributed by atoms with E-state index >= 15 is 4.39 Å². The summed E-state index contributed by atoms with van der Waals surface area (Å²) in [6.07, 6.45) is 12.7. The summed E-state index contributed by atoms with van der Waals surface area (Å²) < 4.78 is 37.7. The highest BCUT2D eigenvalue weighted by atomic mass is 19.1. The molecule has 4 aromatic rings. The van der Waals surface area contributed by atoms with Crippen LogP contribution < -0.4 is 15.0 Å². The Morgan fingerprint density at radius 2 is 1.88 bits per heavy atom. The topological polar surface area (TPSA) is 86.6 Å². The number of piperazine rings is 1. The number of pyridine rings is 1. The molecule has 214 valence electrons. The van der Waals surface area contributed by atoms with E-state index in [1.165, 1.54) is 24.3 Å². The number of benzene rings is 2. The first-order valence-electron chi connectivity index (χ1n) is 14.6. The highest BCUT2D eigenvalue weighted by Gasteiger charge is 2.45. The number of fused-ring (bicyclic) bond motifs is 5. The molecule has 2 atom stereocenters. The van der Waals surface area contributed by atoms with E-state index in [9.17, 15) is 9.50 Å². The highest BCUT2D eigenvalue weighted by Crippen LogP contribution is 2.41. The van der Waals surface area contributed by atoms with E-state index < -0.39 is 11.6 Å². The standard InChI is InChI=1S/C32H30F2N6O2/c1-2-22-25(33)6-5-18-11-21(41)13-23(26(18)22)28-27(34)29-24(14-35-28)30(39-15-19-12-20(16-39)36-19)38-31(37-29)42-17-32-7-3-9-40(32)10-4-8-32/h1,5-6,11,13-14,19-20,36,41H,3-4,7-10,12,15-17H2. The fourth-order valence-corrected chi connectivity index (χ4v) is 7.61. The van der Waals surface area contributed by atoms with E-state index in [0.29, 0.717) is 40.7 Å². The van der Waals surface area contributed by atoms with Crippen LogP contribution in [0.2, 0.25) is 0 Å². The smallest absolute Gasteiger partial charge is 0.319 e. The molecular weight excluding hydrogens is 538 g/mol. The van der Waals surface area contributed by atoms with Gasteiger partial charge in [0.05, 0.1) is 16.5 Å². The number of aromatic hydroxyl groups is 1. The average molecular weight is 569 g/mol. The number of ether oxygens (including phenoxy) is 1. The van der Waals surface area contributed by atoms with E-state index in [-0.39, 0.29) is 39.6 Å². The SMILES string of the molecule is C#Cc1c(F)ccc2cc(O)cc(-c3ncc4c(N5CC6CC(C5)N6)nc(OCC56CCCN5CCC6)nc4c3F)c12. The van der Waals surface area contributed by atoms with Gasteiger partial charge >= 0.3 is 6.01 Å². The van der Waals surface area contributed by atoms with Crippen molar-refractivity contribution in [2.24, 2.45) is 0 Å². The number of hydrogen-bond acceptors (Lipinski definition) is 8. The Kier molecular flexibility index (Phi) is 5.78. The molecule has 10 heteroatoms. The second-order valence-corrected chi connectivity index (χ2v) is 12.1. The van der Waals surface area contributed by atoms with Gasteiger partial charge in [0.25, 0.3) is 0 Å². The molecule has 0 aliphatic carbocycles. The minimum atomic E-state index is -0.707. The number of terminal acetylenes is 1. The van der Waals surface area contributed by atoms with Crippen molar-refractivity contribution in [1.29, 1.82) is 0 Å². The number of anilines is 1. The maximum absolute atomic E-state index is 16.6. The maximum atomic E-state index is 16.6. The Bertz CT molecular complexity index is 1780. The van der Waals surface area contributed by atoms with Crippen molar-refractivity contribution in [3.63, 3.8) is 0 Å². The lowest BCUT2D eigenvalue weighted by Crippen LogP contribution is -2.67. The molecule has 5 saturated heterocycles. The Morgan fingerprint density at radius 1 is 1.12 bits per heavy atom. The molecule has 5 aliphatic rings. The summed E-state index contributed by atoms with van der Waals surface area (Å²) in [7, 11) is 0. The lowest BCUT2D eigenvalue weighted by molar-refractivity contribution is 0.107. The molecule has 5 fully saturated rings. The summed E-state index contributed by atoms with van der Waals surface area (Å²) in [6.45, 7) is 4.07. The van der Waals surface area contributed by atoms with Crippen LogP contribution in [0.15, 0.2) is 30.5 Å². The molecule has 2 aromatic heterocycles. The van der Waals surface area contributed by atoms with Crippen molar-refractivity contribution in [2.75, 3.05) is 37.7 Å².